The molecular formula is C21H23NO5S2. The topological polar surface area (TPSA) is 84.7 Å². The molecule has 0 aliphatic heterocycles. The molecule has 8 heteroatoms. The molecule has 1 aromatic heterocycles. The molecule has 0 bridgehead atoms. The second-order valence-corrected chi connectivity index (χ2v) is 10.9. The molecule has 6 nitrogen and oxygen atoms in total. The van der Waals surface area contributed by atoms with Crippen molar-refractivity contribution in [3.8, 4) is 0 Å². The summed E-state index contributed by atoms with van der Waals surface area (Å²) < 4.78 is 33.1. The van der Waals surface area contributed by atoms with E-state index in [-0.39, 0.29) is 16.0 Å². The fourth-order valence-electron chi connectivity index (χ4n) is 2.84. The van der Waals surface area contributed by atoms with Gasteiger partial charge in [-0.15, -0.1) is 0 Å². The largest absolute Gasteiger partial charge is 0.414 e. The molecule has 0 saturated carbocycles. The van der Waals surface area contributed by atoms with Crippen molar-refractivity contribution < 1.29 is 17.6 Å². The van der Waals surface area contributed by atoms with Crippen LogP contribution in [0.4, 0.5) is 5.69 Å². The Morgan fingerprint density at radius 1 is 1.07 bits per heavy atom. The molecule has 0 fully saturated rings. The van der Waals surface area contributed by atoms with Gasteiger partial charge in [0.05, 0.1) is 15.3 Å². The highest BCUT2D eigenvalue weighted by Crippen LogP contribution is 2.31. The number of carbonyl (C=O) groups is 1. The molecule has 1 heterocycles. The average molecular weight is 434 g/mol. The number of sulfonamides is 1. The summed E-state index contributed by atoms with van der Waals surface area (Å²) in [6, 6.07) is 11.0. The predicted octanol–water partition coefficient (Wildman–Crippen LogP) is 4.53. The highest BCUT2D eigenvalue weighted by molar-refractivity contribution is 7.93. The van der Waals surface area contributed by atoms with Crippen LogP contribution in [0.25, 0.3) is 10.3 Å². The van der Waals surface area contributed by atoms with Gasteiger partial charge in [0.15, 0.2) is 0 Å². The zero-order chi connectivity index (χ0) is 21.6. The lowest BCUT2D eigenvalue weighted by molar-refractivity contribution is -0.120. The summed E-state index contributed by atoms with van der Waals surface area (Å²) in [5.74, 6) is -1.10. The van der Waals surface area contributed by atoms with Gasteiger partial charge in [-0.25, -0.2) is 17.5 Å². The zero-order valence-electron chi connectivity index (χ0n) is 16.9. The van der Waals surface area contributed by atoms with Gasteiger partial charge < -0.3 is 4.42 Å². The van der Waals surface area contributed by atoms with Crippen molar-refractivity contribution in [1.29, 1.82) is 0 Å². The summed E-state index contributed by atoms with van der Waals surface area (Å²) in [7, 11) is -4.14. The molecule has 1 amide bonds. The van der Waals surface area contributed by atoms with Gasteiger partial charge in [-0.1, -0.05) is 58.1 Å². The maximum Gasteiger partial charge on any atom is 0.396 e. The number of rotatable bonds is 4. The maximum absolute atomic E-state index is 13.4. The van der Waals surface area contributed by atoms with Gasteiger partial charge in [0.25, 0.3) is 10.0 Å². The first-order chi connectivity index (χ1) is 13.4. The van der Waals surface area contributed by atoms with Gasteiger partial charge in [-0.2, -0.15) is 0 Å². The lowest BCUT2D eigenvalue weighted by Crippen LogP contribution is -2.39. The van der Waals surface area contributed by atoms with Crippen LogP contribution in [-0.4, -0.2) is 14.3 Å². The third-order valence-electron chi connectivity index (χ3n) is 4.50. The Kier molecular flexibility index (Phi) is 5.44. The lowest BCUT2D eigenvalue weighted by atomic mass is 9.87. The van der Waals surface area contributed by atoms with Gasteiger partial charge in [0.1, 0.15) is 5.58 Å². The number of benzene rings is 2. The van der Waals surface area contributed by atoms with Gasteiger partial charge in [-0.05, 0) is 41.3 Å². The summed E-state index contributed by atoms with van der Waals surface area (Å²) in [6.45, 7) is 9.40. The van der Waals surface area contributed by atoms with Crippen molar-refractivity contribution >= 4 is 43.2 Å². The smallest absolute Gasteiger partial charge is 0.396 e. The molecular weight excluding hydrogens is 410 g/mol. The molecule has 3 aromatic rings. The van der Waals surface area contributed by atoms with E-state index in [0.29, 0.717) is 10.3 Å². The SMILES string of the molecule is CC(C)C(=O)N(c1ccc2oc(=O)sc2c1)S(=O)(=O)c1ccc(C(C)(C)C)cc1. The lowest BCUT2D eigenvalue weighted by Gasteiger charge is -2.25. The first-order valence-electron chi connectivity index (χ1n) is 9.14. The molecule has 0 unspecified atom stereocenters. The van der Waals surface area contributed by atoms with E-state index in [9.17, 15) is 18.0 Å². The first kappa shape index (κ1) is 21.3. The van der Waals surface area contributed by atoms with E-state index >= 15 is 0 Å². The molecule has 0 radical (unpaired) electrons. The first-order valence-corrected chi connectivity index (χ1v) is 11.4. The van der Waals surface area contributed by atoms with Crippen LogP contribution in [-0.2, 0) is 20.2 Å². The maximum atomic E-state index is 13.4. The number of anilines is 1. The molecule has 0 aliphatic carbocycles. The number of hydrogen-bond acceptors (Lipinski definition) is 6. The Balaban J connectivity index is 2.14. The zero-order valence-corrected chi connectivity index (χ0v) is 18.6. The fraction of sp³-hybridized carbons (Fsp3) is 0.333. The second-order valence-electron chi connectivity index (χ2n) is 8.12. The number of hydrogen-bond donors (Lipinski definition) is 0. The Labute approximate surface area is 173 Å². The highest BCUT2D eigenvalue weighted by Gasteiger charge is 2.33. The minimum Gasteiger partial charge on any atom is -0.414 e. The van der Waals surface area contributed by atoms with Crippen LogP contribution < -0.4 is 9.24 Å². The Hall–Kier alpha value is -2.45. The average Bonchev–Trinajstić information content (AvgIpc) is 3.00. The van der Waals surface area contributed by atoms with Crippen molar-refractivity contribution in [2.75, 3.05) is 4.31 Å². The van der Waals surface area contributed by atoms with Gasteiger partial charge in [0.2, 0.25) is 5.91 Å². The molecule has 0 atom stereocenters. The van der Waals surface area contributed by atoms with Gasteiger partial charge >= 0.3 is 4.94 Å². The van der Waals surface area contributed by atoms with Crippen LogP contribution in [0, 0.1) is 5.92 Å². The number of carbonyl (C=O) groups excluding carboxylic acids is 1. The monoisotopic (exact) mass is 433 g/mol. The van der Waals surface area contributed by atoms with Crippen LogP contribution in [0.15, 0.2) is 56.6 Å². The molecule has 0 spiro atoms. The third kappa shape index (κ3) is 4.13. The van der Waals surface area contributed by atoms with E-state index in [1.54, 1.807) is 26.0 Å². The Morgan fingerprint density at radius 2 is 1.69 bits per heavy atom. The van der Waals surface area contributed by atoms with Crippen LogP contribution >= 0.6 is 11.3 Å². The minimum atomic E-state index is -4.14. The minimum absolute atomic E-state index is 0.0278. The molecule has 29 heavy (non-hydrogen) atoms. The fourth-order valence-corrected chi connectivity index (χ4v) is 5.07. The molecule has 154 valence electrons. The summed E-state index contributed by atoms with van der Waals surface area (Å²) in [5, 5.41) is 0. The number of amides is 1. The highest BCUT2D eigenvalue weighted by atomic mass is 32.2. The second kappa shape index (κ2) is 7.42. The number of nitrogens with zero attached hydrogens (tertiary/aromatic N) is 1. The normalized spacial score (nSPS) is 12.5. The van der Waals surface area contributed by atoms with E-state index in [0.717, 1.165) is 21.2 Å². The molecule has 0 N–H and O–H groups in total. The van der Waals surface area contributed by atoms with Crippen molar-refractivity contribution in [2.24, 2.45) is 5.92 Å². The Bertz CT molecular complexity index is 1210. The van der Waals surface area contributed by atoms with E-state index in [2.05, 4.69) is 0 Å². The van der Waals surface area contributed by atoms with Gasteiger partial charge in [0, 0.05) is 5.92 Å². The van der Waals surface area contributed by atoms with Crippen LogP contribution in [0.1, 0.15) is 40.2 Å². The summed E-state index contributed by atoms with van der Waals surface area (Å²) in [5.41, 5.74) is 1.39. The van der Waals surface area contributed by atoms with Crippen molar-refractivity contribution in [3.05, 3.63) is 57.8 Å². The predicted molar refractivity (Wildman–Crippen MR) is 115 cm³/mol. The van der Waals surface area contributed by atoms with Crippen molar-refractivity contribution in [1.82, 2.24) is 0 Å². The van der Waals surface area contributed by atoms with Crippen LogP contribution in [0.2, 0.25) is 0 Å². The summed E-state index contributed by atoms with van der Waals surface area (Å²) in [4.78, 5) is 23.9. The van der Waals surface area contributed by atoms with Crippen LogP contribution in [0.3, 0.4) is 0 Å². The molecule has 3 rings (SSSR count). The van der Waals surface area contributed by atoms with E-state index < -0.39 is 26.8 Å². The van der Waals surface area contributed by atoms with E-state index in [1.807, 2.05) is 20.8 Å². The van der Waals surface area contributed by atoms with E-state index in [1.165, 1.54) is 30.3 Å². The summed E-state index contributed by atoms with van der Waals surface area (Å²) in [6.07, 6.45) is 0. The quantitative estimate of drug-likeness (QED) is 0.603. The van der Waals surface area contributed by atoms with E-state index in [4.69, 9.17) is 4.42 Å². The van der Waals surface area contributed by atoms with Crippen molar-refractivity contribution in [3.63, 3.8) is 0 Å². The number of fused-ring (bicyclic) bond motifs is 1. The third-order valence-corrected chi connectivity index (χ3v) is 7.03. The molecule has 0 aliphatic rings. The standard InChI is InChI=1S/C21H23NO5S2/c1-13(2)19(23)22(15-8-11-17-18(12-15)28-20(24)27-17)29(25,26)16-9-6-14(7-10-16)21(3,4)5/h6-13H,1-5H3. The Morgan fingerprint density at radius 3 is 2.24 bits per heavy atom. The van der Waals surface area contributed by atoms with Crippen molar-refractivity contribution in [2.45, 2.75) is 44.9 Å². The molecule has 0 saturated heterocycles. The van der Waals surface area contributed by atoms with Gasteiger partial charge in [-0.3, -0.25) is 4.79 Å². The van der Waals surface area contributed by atoms with Crippen LogP contribution in [0.5, 0.6) is 0 Å². The molecule has 2 aromatic carbocycles. The summed E-state index contributed by atoms with van der Waals surface area (Å²) >= 11 is 0.860.